The molecule has 1 aliphatic heterocycles. The summed E-state index contributed by atoms with van der Waals surface area (Å²) < 4.78 is 44.4. The van der Waals surface area contributed by atoms with Gasteiger partial charge in [0.15, 0.2) is 17.4 Å². The van der Waals surface area contributed by atoms with E-state index in [1.54, 1.807) is 20.8 Å². The highest BCUT2D eigenvalue weighted by Crippen LogP contribution is 2.45. The number of rotatable bonds is 19. The maximum absolute atomic E-state index is 14.6. The Hall–Kier alpha value is -2.72. The molecule has 1 unspecified atom stereocenters. The summed E-state index contributed by atoms with van der Waals surface area (Å²) in [6.45, 7) is 16.1. The minimum absolute atomic E-state index is 0.00180. The van der Waals surface area contributed by atoms with E-state index in [-0.39, 0.29) is 43.8 Å². The number of imidazole rings is 1. The number of carbonyl (C=O) groups excluding carboxylic acids is 2. The molecule has 0 saturated carbocycles. The van der Waals surface area contributed by atoms with Gasteiger partial charge in [0.05, 0.1) is 32.8 Å². The lowest BCUT2D eigenvalue weighted by atomic mass is 9.96. The molecule has 6 atom stereocenters. The number of carbonyl (C=O) groups is 2. The fourth-order valence-electron chi connectivity index (χ4n) is 5.38. The van der Waals surface area contributed by atoms with E-state index >= 15 is 0 Å². The van der Waals surface area contributed by atoms with Gasteiger partial charge in [0.2, 0.25) is 5.88 Å². The molecule has 0 bridgehead atoms. The van der Waals surface area contributed by atoms with Crippen LogP contribution in [0.5, 0.6) is 5.88 Å². The largest absolute Gasteiger partial charge is 0.476 e. The van der Waals surface area contributed by atoms with Gasteiger partial charge < -0.3 is 33.7 Å². The van der Waals surface area contributed by atoms with E-state index in [9.17, 15) is 24.4 Å². The highest BCUT2D eigenvalue weighted by atomic mass is 31.2. The van der Waals surface area contributed by atoms with E-state index in [4.69, 9.17) is 23.5 Å². The molecule has 3 heterocycles. The monoisotopic (exact) mass is 700 g/mol. The minimum atomic E-state index is -4.29. The topological polar surface area (TPSA) is 205 Å². The highest BCUT2D eigenvalue weighted by Gasteiger charge is 2.54. The van der Waals surface area contributed by atoms with Crippen LogP contribution in [-0.4, -0.2) is 98.0 Å². The summed E-state index contributed by atoms with van der Waals surface area (Å²) in [5.74, 6) is -0.595. The van der Waals surface area contributed by atoms with E-state index in [2.05, 4.69) is 25.1 Å². The maximum Gasteiger partial charge on any atom is 0.342 e. The van der Waals surface area contributed by atoms with Crippen molar-refractivity contribution in [1.82, 2.24) is 29.7 Å². The first kappa shape index (κ1) is 39.7. The van der Waals surface area contributed by atoms with Crippen LogP contribution >= 0.6 is 7.67 Å². The number of esters is 2. The molecule has 272 valence electrons. The third kappa shape index (κ3) is 9.93. The van der Waals surface area contributed by atoms with E-state index in [1.807, 2.05) is 34.6 Å². The number of aliphatic hydroxyl groups is 2. The lowest BCUT2D eigenvalue weighted by molar-refractivity contribution is -0.146. The Morgan fingerprint density at radius 2 is 1.60 bits per heavy atom. The predicted molar refractivity (Wildman–Crippen MR) is 176 cm³/mol. The number of aliphatic hydroxyl groups excluding tert-OH is 1. The summed E-state index contributed by atoms with van der Waals surface area (Å²) in [5, 5.41) is 28.4. The molecule has 0 aliphatic carbocycles. The summed E-state index contributed by atoms with van der Waals surface area (Å²) in [7, 11) is -4.29. The van der Waals surface area contributed by atoms with Crippen LogP contribution in [0.3, 0.4) is 0 Å². The number of hydrogen-bond donors (Lipinski definition) is 4. The van der Waals surface area contributed by atoms with Crippen LogP contribution in [-0.2, 0) is 32.9 Å². The van der Waals surface area contributed by atoms with Gasteiger partial charge in [-0.05, 0) is 58.8 Å². The molecule has 3 rings (SSSR count). The zero-order valence-electron chi connectivity index (χ0n) is 29.5. The summed E-state index contributed by atoms with van der Waals surface area (Å²) in [5.41, 5.74) is -1.21. The molecule has 1 saturated heterocycles. The van der Waals surface area contributed by atoms with Crippen molar-refractivity contribution in [2.45, 2.75) is 118 Å². The van der Waals surface area contributed by atoms with E-state index in [0.29, 0.717) is 23.6 Å². The Labute approximate surface area is 282 Å². The molecule has 0 amide bonds. The van der Waals surface area contributed by atoms with Gasteiger partial charge in [-0.15, -0.1) is 0 Å². The number of aromatic nitrogens is 4. The molecule has 16 nitrogen and oxygen atoms in total. The second kappa shape index (κ2) is 17.3. The smallest absolute Gasteiger partial charge is 0.342 e. The third-order valence-electron chi connectivity index (χ3n) is 7.58. The molecule has 2 aromatic rings. The van der Waals surface area contributed by atoms with Crippen molar-refractivity contribution in [2.24, 2.45) is 11.8 Å². The molecule has 1 aliphatic rings. The first-order valence-corrected chi connectivity index (χ1v) is 18.2. The van der Waals surface area contributed by atoms with Crippen molar-refractivity contribution < 1.29 is 47.8 Å². The molecule has 1 fully saturated rings. The molecule has 0 radical (unpaired) electrons. The van der Waals surface area contributed by atoms with Gasteiger partial charge >= 0.3 is 19.6 Å². The summed E-state index contributed by atoms with van der Waals surface area (Å²) in [6.07, 6.45) is -1.27. The fourth-order valence-corrected chi connectivity index (χ4v) is 7.20. The van der Waals surface area contributed by atoms with Crippen molar-refractivity contribution >= 4 is 30.8 Å². The quantitative estimate of drug-likeness (QED) is 0.123. The number of fused-ring (bicyclic) bond motifs is 1. The van der Waals surface area contributed by atoms with Crippen LogP contribution in [0.2, 0.25) is 0 Å². The molecular formula is C31H53N6O10P. The lowest BCUT2D eigenvalue weighted by Gasteiger charge is -2.30. The van der Waals surface area contributed by atoms with Gasteiger partial charge in [0.1, 0.15) is 35.7 Å². The van der Waals surface area contributed by atoms with Crippen LogP contribution in [0.25, 0.3) is 11.2 Å². The predicted octanol–water partition coefficient (Wildman–Crippen LogP) is 3.19. The molecule has 2 aromatic heterocycles. The number of nitrogens with one attached hydrogen (secondary N) is 2. The van der Waals surface area contributed by atoms with Crippen LogP contribution in [0, 0.1) is 18.8 Å². The van der Waals surface area contributed by atoms with Gasteiger partial charge in [-0.2, -0.15) is 4.98 Å². The summed E-state index contributed by atoms with van der Waals surface area (Å²) >= 11 is 0. The number of hydrogen-bond acceptors (Lipinski definition) is 13. The van der Waals surface area contributed by atoms with E-state index < -0.39 is 62.3 Å². The van der Waals surface area contributed by atoms with Gasteiger partial charge in [-0.3, -0.25) is 18.7 Å². The normalized spacial score (nSPS) is 22.7. The highest BCUT2D eigenvalue weighted by molar-refractivity contribution is 7.54. The van der Waals surface area contributed by atoms with Crippen molar-refractivity contribution in [2.75, 3.05) is 26.4 Å². The van der Waals surface area contributed by atoms with Gasteiger partial charge in [0.25, 0.3) is 0 Å². The average molecular weight is 701 g/mol. The van der Waals surface area contributed by atoms with E-state index in [0.717, 1.165) is 6.42 Å². The zero-order valence-corrected chi connectivity index (χ0v) is 30.4. The molecule has 0 aromatic carbocycles. The second-order valence-corrected chi connectivity index (χ2v) is 14.8. The van der Waals surface area contributed by atoms with Crippen LogP contribution < -0.4 is 14.9 Å². The van der Waals surface area contributed by atoms with Gasteiger partial charge in [-0.1, -0.05) is 34.6 Å². The Kier molecular flexibility index (Phi) is 14.3. The molecule has 0 spiro atoms. The van der Waals surface area contributed by atoms with Crippen molar-refractivity contribution in [3.05, 3.63) is 12.2 Å². The summed E-state index contributed by atoms with van der Waals surface area (Å²) in [4.78, 5) is 39.1. The second-order valence-electron chi connectivity index (χ2n) is 12.9. The Morgan fingerprint density at radius 3 is 2.10 bits per heavy atom. The Bertz CT molecular complexity index is 1380. The maximum atomic E-state index is 14.6. The number of ether oxygens (including phenoxy) is 4. The van der Waals surface area contributed by atoms with Crippen molar-refractivity contribution in [1.29, 1.82) is 0 Å². The Morgan fingerprint density at radius 1 is 1.04 bits per heavy atom. The fraction of sp³-hybridized carbons (Fsp3) is 0.774. The van der Waals surface area contributed by atoms with E-state index in [1.165, 1.54) is 17.8 Å². The van der Waals surface area contributed by atoms with Crippen LogP contribution in [0.15, 0.2) is 6.33 Å². The van der Waals surface area contributed by atoms with Gasteiger partial charge in [0, 0.05) is 0 Å². The number of aryl methyl sites for hydroxylation is 1. The third-order valence-corrected chi connectivity index (χ3v) is 9.40. The Balaban J connectivity index is 1.94. The molecule has 48 heavy (non-hydrogen) atoms. The number of nitrogens with zero attached hydrogens (tertiary/aromatic N) is 4. The van der Waals surface area contributed by atoms with Crippen molar-refractivity contribution in [3.63, 3.8) is 0 Å². The van der Waals surface area contributed by atoms with Crippen LogP contribution in [0.4, 0.5) is 0 Å². The molecule has 4 N–H and O–H groups in total. The first-order chi connectivity index (χ1) is 22.6. The molecular weight excluding hydrogens is 647 g/mol. The van der Waals surface area contributed by atoms with Gasteiger partial charge in [-0.25, -0.2) is 20.1 Å². The summed E-state index contributed by atoms with van der Waals surface area (Å²) in [6, 6.07) is -2.11. The minimum Gasteiger partial charge on any atom is -0.476 e. The van der Waals surface area contributed by atoms with Crippen LogP contribution in [0.1, 0.15) is 86.7 Å². The van der Waals surface area contributed by atoms with Crippen molar-refractivity contribution in [3.8, 4) is 5.88 Å². The lowest BCUT2D eigenvalue weighted by Crippen LogP contribution is -2.47. The SMILES string of the molecule is CCCOc1nc(C)nc2c1ncn2[C@@H]1O[C@H](COP(=O)(N[C@@H](CC(C)C)C(=O)OCC)N[C@@H](CC(C)C)C(=O)OCC)[C@H](O)C1(C)O. The zero-order chi connectivity index (χ0) is 35.8. The average Bonchev–Trinajstić information content (AvgIpc) is 3.51. The molecule has 17 heteroatoms. The first-order valence-electron chi connectivity index (χ1n) is 16.6. The standard InChI is InChI=1S/C31H53N6O10P/c1-10-13-45-27-24-26(33-20(8)34-27)37(17-32-24)30-31(9,41)25(38)23(47-30)16-46-48(42,35-21(14-18(4)5)28(39)43-11-2)36-22(15-19(6)7)29(40)44-12-3/h17-19,21-23,25,30,38,41H,10-16H2,1-9H3,(H2,35,36,42)/t21-,22-,23+,25-,30+,31?/m0/s1.